The van der Waals surface area contributed by atoms with E-state index < -0.39 is 5.82 Å². The number of fused-ring (bicyclic) bond motifs is 1. The Morgan fingerprint density at radius 1 is 1.41 bits per heavy atom. The van der Waals surface area contributed by atoms with Gasteiger partial charge in [-0.1, -0.05) is 0 Å². The van der Waals surface area contributed by atoms with E-state index in [1.807, 2.05) is 19.9 Å². The quantitative estimate of drug-likeness (QED) is 0.665. The number of amides is 1. The number of carbonyl (C=O) groups is 1. The van der Waals surface area contributed by atoms with E-state index in [1.165, 1.54) is 17.4 Å². The molecule has 1 aliphatic rings. The second-order valence-electron chi connectivity index (χ2n) is 7.36. The number of pyridine rings is 1. The van der Waals surface area contributed by atoms with Gasteiger partial charge in [0.2, 0.25) is 5.95 Å². The van der Waals surface area contributed by atoms with E-state index in [0.717, 1.165) is 22.2 Å². The molecule has 2 unspecified atom stereocenters. The Morgan fingerprint density at radius 3 is 2.97 bits per heavy atom. The van der Waals surface area contributed by atoms with Crippen molar-refractivity contribution in [3.63, 3.8) is 0 Å². The molecule has 1 aliphatic heterocycles. The average molecular weight is 415 g/mol. The molecular formula is C20H22FN5O2S. The molecular weight excluding hydrogens is 393 g/mol. The third-order valence-corrected chi connectivity index (χ3v) is 6.15. The lowest BCUT2D eigenvalue weighted by Crippen LogP contribution is -2.30. The highest BCUT2D eigenvalue weighted by molar-refractivity contribution is 7.19. The number of rotatable bonds is 5. The van der Waals surface area contributed by atoms with E-state index in [1.54, 1.807) is 11.1 Å². The summed E-state index contributed by atoms with van der Waals surface area (Å²) < 4.78 is 14.2. The lowest BCUT2D eigenvalue weighted by Gasteiger charge is -2.18. The normalized spacial score (nSPS) is 17.7. The molecule has 1 saturated heterocycles. The Hall–Kier alpha value is -2.65. The number of aliphatic hydroxyl groups excluding tert-OH is 1. The number of hydrogen-bond acceptors (Lipinski definition) is 7. The number of nitrogens with one attached hydrogen (secondary N) is 1. The van der Waals surface area contributed by atoms with Crippen LogP contribution in [0.1, 0.15) is 40.3 Å². The molecule has 0 spiro atoms. The SMILES string of the molecule is Cc1cc2nc(NC(C)c3cncc(F)c3)nc(C(=O)N3CCC(CO)C3)c2s1. The Balaban J connectivity index is 1.66. The Labute approximate surface area is 171 Å². The molecule has 1 amide bonds. The minimum absolute atomic E-state index is 0.0765. The Bertz CT molecular complexity index is 1060. The summed E-state index contributed by atoms with van der Waals surface area (Å²) >= 11 is 1.49. The van der Waals surface area contributed by atoms with Crippen molar-refractivity contribution in [1.29, 1.82) is 0 Å². The van der Waals surface area contributed by atoms with Crippen LogP contribution in [0.25, 0.3) is 10.2 Å². The fourth-order valence-corrected chi connectivity index (χ4v) is 4.45. The van der Waals surface area contributed by atoms with Crippen molar-refractivity contribution in [2.24, 2.45) is 5.92 Å². The van der Waals surface area contributed by atoms with Crippen LogP contribution >= 0.6 is 11.3 Å². The number of halogens is 1. The molecule has 3 aromatic heterocycles. The molecule has 3 aromatic rings. The molecule has 4 rings (SSSR count). The van der Waals surface area contributed by atoms with Crippen molar-refractivity contribution >= 4 is 33.4 Å². The van der Waals surface area contributed by atoms with Crippen LogP contribution in [-0.4, -0.2) is 50.6 Å². The van der Waals surface area contributed by atoms with Crippen LogP contribution in [-0.2, 0) is 0 Å². The number of aryl methyl sites for hydroxylation is 1. The molecule has 0 bridgehead atoms. The molecule has 0 aliphatic carbocycles. The van der Waals surface area contributed by atoms with Gasteiger partial charge in [-0.3, -0.25) is 9.78 Å². The van der Waals surface area contributed by atoms with E-state index in [-0.39, 0.29) is 24.5 Å². The highest BCUT2D eigenvalue weighted by atomic mass is 32.1. The number of aliphatic hydroxyl groups is 1. The van der Waals surface area contributed by atoms with E-state index >= 15 is 0 Å². The molecule has 29 heavy (non-hydrogen) atoms. The van der Waals surface area contributed by atoms with Crippen molar-refractivity contribution < 1.29 is 14.3 Å². The maximum Gasteiger partial charge on any atom is 0.274 e. The zero-order chi connectivity index (χ0) is 20.5. The van der Waals surface area contributed by atoms with Crippen LogP contribution in [0.3, 0.4) is 0 Å². The summed E-state index contributed by atoms with van der Waals surface area (Å²) in [5.41, 5.74) is 1.72. The highest BCUT2D eigenvalue weighted by Gasteiger charge is 2.29. The van der Waals surface area contributed by atoms with Gasteiger partial charge < -0.3 is 15.3 Å². The third-order valence-electron chi connectivity index (χ3n) is 5.10. The number of anilines is 1. The molecule has 1 fully saturated rings. The van der Waals surface area contributed by atoms with Gasteiger partial charge in [0, 0.05) is 36.7 Å². The molecule has 0 radical (unpaired) electrons. The first-order valence-corrected chi connectivity index (χ1v) is 10.3. The first-order valence-electron chi connectivity index (χ1n) is 9.50. The van der Waals surface area contributed by atoms with Crippen LogP contribution in [0.2, 0.25) is 0 Å². The van der Waals surface area contributed by atoms with E-state index in [2.05, 4.69) is 20.3 Å². The topological polar surface area (TPSA) is 91.2 Å². The van der Waals surface area contributed by atoms with Crippen LogP contribution in [0, 0.1) is 18.7 Å². The largest absolute Gasteiger partial charge is 0.396 e. The maximum atomic E-state index is 13.5. The fraction of sp³-hybridized carbons (Fsp3) is 0.400. The minimum Gasteiger partial charge on any atom is -0.396 e. The lowest BCUT2D eigenvalue weighted by molar-refractivity contribution is 0.0778. The van der Waals surface area contributed by atoms with Crippen molar-refractivity contribution in [2.45, 2.75) is 26.3 Å². The smallest absolute Gasteiger partial charge is 0.274 e. The fourth-order valence-electron chi connectivity index (χ4n) is 3.52. The van der Waals surface area contributed by atoms with E-state index in [0.29, 0.717) is 35.8 Å². The zero-order valence-corrected chi connectivity index (χ0v) is 17.0. The lowest BCUT2D eigenvalue weighted by atomic mass is 10.1. The van der Waals surface area contributed by atoms with Gasteiger partial charge in [-0.15, -0.1) is 11.3 Å². The summed E-state index contributed by atoms with van der Waals surface area (Å²) in [5.74, 6) is -0.143. The van der Waals surface area contributed by atoms with Crippen molar-refractivity contribution in [3.05, 3.63) is 46.5 Å². The summed E-state index contributed by atoms with van der Waals surface area (Å²) in [7, 11) is 0. The summed E-state index contributed by atoms with van der Waals surface area (Å²) in [6.45, 7) is 5.03. The summed E-state index contributed by atoms with van der Waals surface area (Å²) in [6, 6.07) is 3.05. The van der Waals surface area contributed by atoms with Gasteiger partial charge in [-0.05, 0) is 38.0 Å². The first-order chi connectivity index (χ1) is 13.9. The standard InChI is InChI=1S/C20H22FN5O2S/c1-11-5-16-18(29-11)17(19(28)26-4-3-13(9-26)10-27)25-20(24-16)23-12(2)14-6-15(21)8-22-7-14/h5-8,12-13,27H,3-4,9-10H2,1-2H3,(H,23,24,25). The Morgan fingerprint density at radius 2 is 2.24 bits per heavy atom. The molecule has 2 atom stereocenters. The second-order valence-corrected chi connectivity index (χ2v) is 8.61. The van der Waals surface area contributed by atoms with Gasteiger partial charge >= 0.3 is 0 Å². The predicted molar refractivity (Wildman–Crippen MR) is 109 cm³/mol. The van der Waals surface area contributed by atoms with Gasteiger partial charge in [0.05, 0.1) is 22.5 Å². The van der Waals surface area contributed by atoms with Crippen molar-refractivity contribution in [2.75, 3.05) is 25.0 Å². The summed E-state index contributed by atoms with van der Waals surface area (Å²) in [6.07, 6.45) is 3.52. The monoisotopic (exact) mass is 415 g/mol. The van der Waals surface area contributed by atoms with Gasteiger partial charge in [-0.25, -0.2) is 14.4 Å². The van der Waals surface area contributed by atoms with Crippen LogP contribution in [0.15, 0.2) is 24.5 Å². The molecule has 9 heteroatoms. The maximum absolute atomic E-state index is 13.5. The predicted octanol–water partition coefficient (Wildman–Crippen LogP) is 3.16. The third kappa shape index (κ3) is 4.06. The summed E-state index contributed by atoms with van der Waals surface area (Å²) in [4.78, 5) is 28.9. The van der Waals surface area contributed by atoms with Crippen molar-refractivity contribution in [3.8, 4) is 0 Å². The molecule has 0 saturated carbocycles. The number of carbonyl (C=O) groups excluding carboxylic acids is 1. The number of aromatic nitrogens is 3. The molecule has 4 heterocycles. The minimum atomic E-state index is -0.413. The number of nitrogens with zero attached hydrogens (tertiary/aromatic N) is 4. The van der Waals surface area contributed by atoms with Crippen LogP contribution in [0.4, 0.5) is 10.3 Å². The zero-order valence-electron chi connectivity index (χ0n) is 16.2. The first kappa shape index (κ1) is 19.7. The number of likely N-dealkylation sites (tertiary alicyclic amines) is 1. The molecule has 0 aromatic carbocycles. The molecule has 2 N–H and O–H groups in total. The van der Waals surface area contributed by atoms with Gasteiger partial charge in [-0.2, -0.15) is 0 Å². The van der Waals surface area contributed by atoms with Crippen LogP contribution in [0.5, 0.6) is 0 Å². The summed E-state index contributed by atoms with van der Waals surface area (Å²) in [5, 5.41) is 12.5. The van der Waals surface area contributed by atoms with Gasteiger partial charge in [0.15, 0.2) is 5.69 Å². The number of hydrogen-bond donors (Lipinski definition) is 2. The molecule has 7 nitrogen and oxygen atoms in total. The molecule has 152 valence electrons. The Kier molecular flexibility index (Phi) is 5.42. The van der Waals surface area contributed by atoms with Crippen LogP contribution < -0.4 is 5.32 Å². The van der Waals surface area contributed by atoms with Gasteiger partial charge in [0.1, 0.15) is 5.82 Å². The second kappa shape index (κ2) is 8.00. The van der Waals surface area contributed by atoms with Crippen molar-refractivity contribution in [1.82, 2.24) is 19.9 Å². The average Bonchev–Trinajstić information content (AvgIpc) is 3.32. The van der Waals surface area contributed by atoms with E-state index in [9.17, 15) is 14.3 Å². The van der Waals surface area contributed by atoms with E-state index in [4.69, 9.17) is 0 Å². The number of thiophene rings is 1. The highest BCUT2D eigenvalue weighted by Crippen LogP contribution is 2.30. The van der Waals surface area contributed by atoms with Gasteiger partial charge in [0.25, 0.3) is 5.91 Å².